The second-order valence-corrected chi connectivity index (χ2v) is 6.14. The number of piperidine rings is 2. The summed E-state index contributed by atoms with van der Waals surface area (Å²) in [6, 6.07) is 6.76. The molecule has 0 bridgehead atoms. The Morgan fingerprint density at radius 3 is 2.67 bits per heavy atom. The maximum absolute atomic E-state index is 13.1. The summed E-state index contributed by atoms with van der Waals surface area (Å²) in [5.74, 6) is 0.167. The fourth-order valence-corrected chi connectivity index (χ4v) is 3.52. The molecular formula is C17H23FN2O. The van der Waals surface area contributed by atoms with Gasteiger partial charge in [-0.15, -0.1) is 0 Å². The van der Waals surface area contributed by atoms with Gasteiger partial charge >= 0.3 is 0 Å². The van der Waals surface area contributed by atoms with Gasteiger partial charge in [0.25, 0.3) is 0 Å². The van der Waals surface area contributed by atoms with Crippen molar-refractivity contribution in [3.05, 3.63) is 35.6 Å². The van der Waals surface area contributed by atoms with Crippen LogP contribution in [0.1, 0.15) is 43.7 Å². The summed E-state index contributed by atoms with van der Waals surface area (Å²) in [6.07, 6.45) is 5.25. The SMILES string of the molecule is O=C(C1CCCNC1)N1CCCCC1c1ccc(F)cc1. The smallest absolute Gasteiger partial charge is 0.227 e. The number of hydrogen-bond acceptors (Lipinski definition) is 2. The Bertz CT molecular complexity index is 482. The molecule has 1 N–H and O–H groups in total. The fraction of sp³-hybridized carbons (Fsp3) is 0.588. The standard InChI is InChI=1S/C17H23FN2O/c18-15-8-6-13(7-9-15)16-5-1-2-11-20(16)17(21)14-4-3-10-19-12-14/h6-9,14,16,19H,1-5,10-12H2. The largest absolute Gasteiger partial charge is 0.335 e. The molecule has 2 heterocycles. The number of halogens is 1. The summed E-state index contributed by atoms with van der Waals surface area (Å²) < 4.78 is 13.1. The first-order chi connectivity index (χ1) is 10.3. The molecule has 2 aliphatic heterocycles. The van der Waals surface area contributed by atoms with E-state index in [1.807, 2.05) is 17.0 Å². The van der Waals surface area contributed by atoms with E-state index < -0.39 is 0 Å². The van der Waals surface area contributed by atoms with Gasteiger partial charge in [0, 0.05) is 13.1 Å². The number of nitrogens with one attached hydrogen (secondary N) is 1. The third-order valence-electron chi connectivity index (χ3n) is 4.69. The molecule has 1 aromatic rings. The lowest BCUT2D eigenvalue weighted by Gasteiger charge is -2.39. The van der Waals surface area contributed by atoms with Crippen LogP contribution in [-0.2, 0) is 4.79 Å². The van der Waals surface area contributed by atoms with E-state index in [2.05, 4.69) is 5.32 Å². The predicted molar refractivity (Wildman–Crippen MR) is 80.3 cm³/mol. The number of carbonyl (C=O) groups excluding carboxylic acids is 1. The Morgan fingerprint density at radius 1 is 1.14 bits per heavy atom. The molecule has 3 rings (SSSR count). The Hall–Kier alpha value is -1.42. The highest BCUT2D eigenvalue weighted by molar-refractivity contribution is 5.79. The van der Waals surface area contributed by atoms with Gasteiger partial charge in [0.2, 0.25) is 5.91 Å². The molecule has 1 aromatic carbocycles. The second kappa shape index (κ2) is 6.56. The van der Waals surface area contributed by atoms with E-state index >= 15 is 0 Å². The van der Waals surface area contributed by atoms with Crippen molar-refractivity contribution >= 4 is 5.91 Å². The highest BCUT2D eigenvalue weighted by Crippen LogP contribution is 2.32. The highest BCUT2D eigenvalue weighted by atomic mass is 19.1. The van der Waals surface area contributed by atoms with E-state index in [4.69, 9.17) is 0 Å². The third kappa shape index (κ3) is 3.26. The van der Waals surface area contributed by atoms with Crippen molar-refractivity contribution in [1.82, 2.24) is 10.2 Å². The summed E-state index contributed by atoms with van der Waals surface area (Å²) in [7, 11) is 0. The number of carbonyl (C=O) groups is 1. The molecule has 4 heteroatoms. The summed E-state index contributed by atoms with van der Waals surface area (Å²) in [4.78, 5) is 14.9. The van der Waals surface area contributed by atoms with Crippen LogP contribution < -0.4 is 5.32 Å². The van der Waals surface area contributed by atoms with Crippen LogP contribution in [0.25, 0.3) is 0 Å². The highest BCUT2D eigenvalue weighted by Gasteiger charge is 2.32. The molecule has 2 atom stereocenters. The van der Waals surface area contributed by atoms with Crippen LogP contribution in [0.5, 0.6) is 0 Å². The summed E-state index contributed by atoms with van der Waals surface area (Å²) in [5.41, 5.74) is 1.06. The molecule has 2 aliphatic rings. The van der Waals surface area contributed by atoms with Crippen LogP contribution in [0, 0.1) is 11.7 Å². The van der Waals surface area contributed by atoms with Gasteiger partial charge in [-0.2, -0.15) is 0 Å². The molecule has 3 nitrogen and oxygen atoms in total. The zero-order valence-electron chi connectivity index (χ0n) is 12.4. The van der Waals surface area contributed by atoms with Gasteiger partial charge in [0.15, 0.2) is 0 Å². The zero-order chi connectivity index (χ0) is 14.7. The van der Waals surface area contributed by atoms with Crippen LogP contribution in [0.15, 0.2) is 24.3 Å². The maximum Gasteiger partial charge on any atom is 0.227 e. The molecule has 2 saturated heterocycles. The van der Waals surface area contributed by atoms with Crippen molar-refractivity contribution in [1.29, 1.82) is 0 Å². The van der Waals surface area contributed by atoms with Gasteiger partial charge in [0.1, 0.15) is 5.82 Å². The van der Waals surface area contributed by atoms with Crippen LogP contribution in [0.4, 0.5) is 4.39 Å². The van der Waals surface area contributed by atoms with Gasteiger partial charge in [-0.1, -0.05) is 12.1 Å². The minimum atomic E-state index is -0.219. The van der Waals surface area contributed by atoms with Gasteiger partial charge in [0.05, 0.1) is 12.0 Å². The molecule has 2 fully saturated rings. The van der Waals surface area contributed by atoms with E-state index in [1.165, 1.54) is 12.1 Å². The topological polar surface area (TPSA) is 32.3 Å². The fourth-order valence-electron chi connectivity index (χ4n) is 3.52. The molecule has 0 radical (unpaired) electrons. The maximum atomic E-state index is 13.1. The van der Waals surface area contributed by atoms with E-state index in [1.54, 1.807) is 0 Å². The molecule has 1 amide bonds. The number of rotatable bonds is 2. The van der Waals surface area contributed by atoms with Crippen LogP contribution >= 0.6 is 0 Å². The van der Waals surface area contributed by atoms with Gasteiger partial charge in [-0.05, 0) is 56.3 Å². The zero-order valence-corrected chi connectivity index (χ0v) is 12.4. The van der Waals surface area contributed by atoms with E-state index in [9.17, 15) is 9.18 Å². The molecule has 21 heavy (non-hydrogen) atoms. The van der Waals surface area contributed by atoms with Crippen LogP contribution in [0.3, 0.4) is 0 Å². The Labute approximate surface area is 125 Å². The van der Waals surface area contributed by atoms with Crippen molar-refractivity contribution in [2.45, 2.75) is 38.1 Å². The number of nitrogens with zero attached hydrogens (tertiary/aromatic N) is 1. The Balaban J connectivity index is 1.77. The van der Waals surface area contributed by atoms with E-state index in [0.717, 1.165) is 57.3 Å². The van der Waals surface area contributed by atoms with Crippen molar-refractivity contribution in [2.24, 2.45) is 5.92 Å². The monoisotopic (exact) mass is 290 g/mol. The molecule has 2 unspecified atom stereocenters. The summed E-state index contributed by atoms with van der Waals surface area (Å²) in [5, 5.41) is 3.32. The van der Waals surface area contributed by atoms with Crippen LogP contribution in [-0.4, -0.2) is 30.4 Å². The molecule has 0 aliphatic carbocycles. The van der Waals surface area contributed by atoms with E-state index in [-0.39, 0.29) is 23.7 Å². The van der Waals surface area contributed by atoms with Crippen molar-refractivity contribution < 1.29 is 9.18 Å². The minimum Gasteiger partial charge on any atom is -0.335 e. The van der Waals surface area contributed by atoms with Crippen molar-refractivity contribution in [2.75, 3.05) is 19.6 Å². The first-order valence-electron chi connectivity index (χ1n) is 8.02. The average molecular weight is 290 g/mol. The molecular weight excluding hydrogens is 267 g/mol. The molecule has 114 valence electrons. The van der Waals surface area contributed by atoms with Gasteiger partial charge in [-0.3, -0.25) is 4.79 Å². The van der Waals surface area contributed by atoms with Crippen LogP contribution in [0.2, 0.25) is 0 Å². The van der Waals surface area contributed by atoms with Gasteiger partial charge in [-0.25, -0.2) is 4.39 Å². The second-order valence-electron chi connectivity index (χ2n) is 6.14. The predicted octanol–water partition coefficient (Wildman–Crippen LogP) is 2.88. The Kier molecular flexibility index (Phi) is 4.54. The summed E-state index contributed by atoms with van der Waals surface area (Å²) >= 11 is 0. The first kappa shape index (κ1) is 14.5. The lowest BCUT2D eigenvalue weighted by atomic mass is 9.91. The Morgan fingerprint density at radius 2 is 1.95 bits per heavy atom. The van der Waals surface area contributed by atoms with Crippen molar-refractivity contribution in [3.8, 4) is 0 Å². The third-order valence-corrected chi connectivity index (χ3v) is 4.69. The lowest BCUT2D eigenvalue weighted by molar-refractivity contribution is -0.140. The summed E-state index contributed by atoms with van der Waals surface area (Å²) in [6.45, 7) is 2.65. The molecule has 0 spiro atoms. The van der Waals surface area contributed by atoms with Gasteiger partial charge < -0.3 is 10.2 Å². The number of amides is 1. The number of benzene rings is 1. The quantitative estimate of drug-likeness (QED) is 0.908. The average Bonchev–Trinajstić information content (AvgIpc) is 2.56. The normalized spacial score (nSPS) is 26.6. The minimum absolute atomic E-state index is 0.111. The number of likely N-dealkylation sites (tertiary alicyclic amines) is 1. The first-order valence-corrected chi connectivity index (χ1v) is 8.02. The number of hydrogen-bond donors (Lipinski definition) is 1. The van der Waals surface area contributed by atoms with Crippen molar-refractivity contribution in [3.63, 3.8) is 0 Å². The van der Waals surface area contributed by atoms with E-state index in [0.29, 0.717) is 0 Å². The molecule has 0 saturated carbocycles. The lowest BCUT2D eigenvalue weighted by Crippen LogP contribution is -2.46. The molecule has 0 aromatic heterocycles.